The van der Waals surface area contributed by atoms with Crippen molar-refractivity contribution in [1.82, 2.24) is 10.2 Å². The van der Waals surface area contributed by atoms with E-state index in [2.05, 4.69) is 10.2 Å². The number of halogens is 1. The number of piperazine rings is 1. The average Bonchev–Trinajstić information content (AvgIpc) is 2.41. The first-order valence-electron chi connectivity index (χ1n) is 6.23. The Labute approximate surface area is 113 Å². The van der Waals surface area contributed by atoms with Crippen LogP contribution in [-0.4, -0.2) is 55.4 Å². The molecule has 0 radical (unpaired) electrons. The van der Waals surface area contributed by atoms with E-state index < -0.39 is 0 Å². The van der Waals surface area contributed by atoms with Gasteiger partial charge in [0.05, 0.1) is 12.6 Å². The smallest absolute Gasteiger partial charge is 0.120 e. The Morgan fingerprint density at radius 2 is 2.17 bits per heavy atom. The SMILES string of the molecule is OCC(COc1cccc(Cl)c1)N1CCNCC1. The summed E-state index contributed by atoms with van der Waals surface area (Å²) in [6.45, 7) is 4.42. The molecule has 1 heterocycles. The molecule has 1 aliphatic rings. The molecular weight excluding hydrogens is 252 g/mol. The summed E-state index contributed by atoms with van der Waals surface area (Å²) in [5.41, 5.74) is 0. The van der Waals surface area contributed by atoms with Crippen LogP contribution in [0.25, 0.3) is 0 Å². The van der Waals surface area contributed by atoms with Crippen molar-refractivity contribution in [3.63, 3.8) is 0 Å². The van der Waals surface area contributed by atoms with Crippen LogP contribution in [0, 0.1) is 0 Å². The third-order valence-corrected chi connectivity index (χ3v) is 3.35. The minimum absolute atomic E-state index is 0.0473. The summed E-state index contributed by atoms with van der Waals surface area (Å²) in [7, 11) is 0. The minimum atomic E-state index is 0.0473. The number of nitrogens with one attached hydrogen (secondary N) is 1. The predicted octanol–water partition coefficient (Wildman–Crippen LogP) is 0.985. The Morgan fingerprint density at radius 1 is 1.39 bits per heavy atom. The van der Waals surface area contributed by atoms with E-state index in [1.54, 1.807) is 6.07 Å². The van der Waals surface area contributed by atoms with Gasteiger partial charge in [0.25, 0.3) is 0 Å². The van der Waals surface area contributed by atoms with Crippen LogP contribution in [0.3, 0.4) is 0 Å². The molecule has 1 aromatic carbocycles. The zero-order valence-electron chi connectivity index (χ0n) is 10.3. The van der Waals surface area contributed by atoms with Crippen LogP contribution < -0.4 is 10.1 Å². The van der Waals surface area contributed by atoms with Gasteiger partial charge in [0.15, 0.2) is 0 Å². The van der Waals surface area contributed by atoms with Gasteiger partial charge in [0.1, 0.15) is 12.4 Å². The van der Waals surface area contributed by atoms with E-state index in [1.807, 2.05) is 18.2 Å². The van der Waals surface area contributed by atoms with E-state index in [1.165, 1.54) is 0 Å². The van der Waals surface area contributed by atoms with Crippen LogP contribution in [0.2, 0.25) is 5.02 Å². The molecule has 1 aromatic rings. The highest BCUT2D eigenvalue weighted by atomic mass is 35.5. The number of aliphatic hydroxyl groups is 1. The van der Waals surface area contributed by atoms with E-state index in [-0.39, 0.29) is 12.6 Å². The molecule has 0 aliphatic carbocycles. The van der Waals surface area contributed by atoms with Crippen molar-refractivity contribution >= 4 is 11.6 Å². The van der Waals surface area contributed by atoms with Gasteiger partial charge >= 0.3 is 0 Å². The van der Waals surface area contributed by atoms with Crippen molar-refractivity contribution in [1.29, 1.82) is 0 Å². The summed E-state index contributed by atoms with van der Waals surface area (Å²) in [6, 6.07) is 7.38. The summed E-state index contributed by atoms with van der Waals surface area (Å²) < 4.78 is 5.69. The lowest BCUT2D eigenvalue weighted by Crippen LogP contribution is -2.51. The molecule has 5 heteroatoms. The molecule has 2 rings (SSSR count). The maximum absolute atomic E-state index is 9.44. The van der Waals surface area contributed by atoms with E-state index in [0.29, 0.717) is 11.6 Å². The maximum Gasteiger partial charge on any atom is 0.120 e. The van der Waals surface area contributed by atoms with Crippen LogP contribution in [0.4, 0.5) is 0 Å². The first-order chi connectivity index (χ1) is 8.79. The number of nitrogens with zero attached hydrogens (tertiary/aromatic N) is 1. The second-order valence-corrected chi connectivity index (χ2v) is 4.83. The van der Waals surface area contributed by atoms with Crippen molar-refractivity contribution in [3.8, 4) is 5.75 Å². The van der Waals surface area contributed by atoms with Gasteiger partial charge in [0, 0.05) is 31.2 Å². The molecule has 2 N–H and O–H groups in total. The monoisotopic (exact) mass is 270 g/mol. The second kappa shape index (κ2) is 6.95. The topological polar surface area (TPSA) is 44.7 Å². The lowest BCUT2D eigenvalue weighted by molar-refractivity contribution is 0.0735. The Hall–Kier alpha value is -0.810. The van der Waals surface area contributed by atoms with Crippen LogP contribution in [0.1, 0.15) is 0 Å². The van der Waals surface area contributed by atoms with Crippen LogP contribution in [0.5, 0.6) is 5.75 Å². The van der Waals surface area contributed by atoms with Gasteiger partial charge in [-0.05, 0) is 18.2 Å². The number of aliphatic hydroxyl groups excluding tert-OH is 1. The Bertz CT molecular complexity index is 370. The highest BCUT2D eigenvalue weighted by molar-refractivity contribution is 6.30. The number of hydrogen-bond donors (Lipinski definition) is 2. The van der Waals surface area contributed by atoms with Gasteiger partial charge in [-0.15, -0.1) is 0 Å². The third-order valence-electron chi connectivity index (χ3n) is 3.12. The highest BCUT2D eigenvalue weighted by Crippen LogP contribution is 2.17. The largest absolute Gasteiger partial charge is 0.492 e. The molecule has 0 spiro atoms. The molecule has 1 saturated heterocycles. The molecule has 1 unspecified atom stereocenters. The van der Waals surface area contributed by atoms with E-state index >= 15 is 0 Å². The maximum atomic E-state index is 9.44. The predicted molar refractivity (Wildman–Crippen MR) is 72.3 cm³/mol. The number of ether oxygens (including phenoxy) is 1. The molecule has 0 amide bonds. The lowest BCUT2D eigenvalue weighted by atomic mass is 10.2. The van der Waals surface area contributed by atoms with E-state index in [4.69, 9.17) is 16.3 Å². The zero-order valence-corrected chi connectivity index (χ0v) is 11.1. The number of rotatable bonds is 5. The standard InChI is InChI=1S/C13H19ClN2O2/c14-11-2-1-3-13(8-11)18-10-12(9-17)16-6-4-15-5-7-16/h1-3,8,12,15,17H,4-7,9-10H2. The van der Waals surface area contributed by atoms with Crippen molar-refractivity contribution in [2.24, 2.45) is 0 Å². The fourth-order valence-electron chi connectivity index (χ4n) is 2.07. The molecule has 18 heavy (non-hydrogen) atoms. The molecule has 0 saturated carbocycles. The quantitative estimate of drug-likeness (QED) is 0.838. The van der Waals surface area contributed by atoms with Crippen molar-refractivity contribution in [3.05, 3.63) is 29.3 Å². The average molecular weight is 271 g/mol. The number of hydrogen-bond acceptors (Lipinski definition) is 4. The summed E-state index contributed by atoms with van der Waals surface area (Å²) in [5, 5.41) is 13.4. The fourth-order valence-corrected chi connectivity index (χ4v) is 2.25. The minimum Gasteiger partial charge on any atom is -0.492 e. The van der Waals surface area contributed by atoms with Gasteiger partial charge in [-0.2, -0.15) is 0 Å². The first kappa shape index (κ1) is 13.6. The molecule has 1 aliphatic heterocycles. The van der Waals surface area contributed by atoms with Gasteiger partial charge in [-0.25, -0.2) is 0 Å². The van der Waals surface area contributed by atoms with Gasteiger partial charge in [-0.3, -0.25) is 4.90 Å². The summed E-state index contributed by atoms with van der Waals surface area (Å²) in [5.74, 6) is 0.746. The molecule has 4 nitrogen and oxygen atoms in total. The Balaban J connectivity index is 1.86. The van der Waals surface area contributed by atoms with Crippen LogP contribution in [-0.2, 0) is 0 Å². The number of benzene rings is 1. The third kappa shape index (κ3) is 3.85. The van der Waals surface area contributed by atoms with Gasteiger partial charge < -0.3 is 15.2 Å². The molecule has 1 atom stereocenters. The van der Waals surface area contributed by atoms with E-state index in [0.717, 1.165) is 31.9 Å². The van der Waals surface area contributed by atoms with Gasteiger partial charge in [-0.1, -0.05) is 17.7 Å². The first-order valence-corrected chi connectivity index (χ1v) is 6.61. The zero-order chi connectivity index (χ0) is 12.8. The second-order valence-electron chi connectivity index (χ2n) is 4.39. The lowest BCUT2D eigenvalue weighted by Gasteiger charge is -2.33. The van der Waals surface area contributed by atoms with E-state index in [9.17, 15) is 5.11 Å². The normalized spacial score (nSPS) is 18.6. The van der Waals surface area contributed by atoms with Crippen molar-refractivity contribution in [2.45, 2.75) is 6.04 Å². The Kier molecular flexibility index (Phi) is 5.26. The molecule has 0 bridgehead atoms. The Morgan fingerprint density at radius 3 is 2.83 bits per heavy atom. The molecule has 0 aromatic heterocycles. The summed E-state index contributed by atoms with van der Waals surface area (Å²) in [4.78, 5) is 2.25. The molecular formula is C13H19ClN2O2. The van der Waals surface area contributed by atoms with Gasteiger partial charge in [0.2, 0.25) is 0 Å². The highest BCUT2D eigenvalue weighted by Gasteiger charge is 2.20. The molecule has 100 valence electrons. The summed E-state index contributed by atoms with van der Waals surface area (Å²) in [6.07, 6.45) is 0. The fraction of sp³-hybridized carbons (Fsp3) is 0.538. The van der Waals surface area contributed by atoms with Crippen LogP contribution in [0.15, 0.2) is 24.3 Å². The van der Waals surface area contributed by atoms with Crippen molar-refractivity contribution < 1.29 is 9.84 Å². The van der Waals surface area contributed by atoms with Crippen LogP contribution >= 0.6 is 11.6 Å². The summed E-state index contributed by atoms with van der Waals surface area (Å²) >= 11 is 5.89. The van der Waals surface area contributed by atoms with Crippen molar-refractivity contribution in [2.75, 3.05) is 39.4 Å². The molecule has 1 fully saturated rings.